The lowest BCUT2D eigenvalue weighted by Crippen LogP contribution is -2.27. The quantitative estimate of drug-likeness (QED) is 0.752. The second kappa shape index (κ2) is 8.14. The van der Waals surface area contributed by atoms with E-state index in [1.807, 2.05) is 29.1 Å². The van der Waals surface area contributed by atoms with E-state index in [0.29, 0.717) is 12.1 Å². The average molecular weight is 354 g/mol. The average Bonchev–Trinajstić information content (AvgIpc) is 2.95. The molecular weight excluding hydrogens is 338 g/mol. The van der Waals surface area contributed by atoms with Crippen LogP contribution in [0.5, 0.6) is 0 Å². The van der Waals surface area contributed by atoms with Crippen molar-refractivity contribution in [3.05, 3.63) is 50.9 Å². The summed E-state index contributed by atoms with van der Waals surface area (Å²) < 4.78 is 0.912. The molecule has 0 atom stereocenters. The molecule has 1 aromatic carbocycles. The molecular formula is C14H16BrN3OS. The van der Waals surface area contributed by atoms with Crippen LogP contribution in [0.2, 0.25) is 0 Å². The van der Waals surface area contributed by atoms with Crippen molar-refractivity contribution >= 4 is 33.2 Å². The highest BCUT2D eigenvalue weighted by Crippen LogP contribution is 2.11. The van der Waals surface area contributed by atoms with E-state index < -0.39 is 0 Å². The zero-order valence-electron chi connectivity index (χ0n) is 10.9. The molecule has 0 saturated heterocycles. The van der Waals surface area contributed by atoms with Crippen molar-refractivity contribution in [1.29, 1.82) is 0 Å². The van der Waals surface area contributed by atoms with Crippen LogP contribution in [0.1, 0.15) is 22.5 Å². The molecule has 0 aliphatic rings. The predicted molar refractivity (Wildman–Crippen MR) is 84.9 cm³/mol. The van der Waals surface area contributed by atoms with Gasteiger partial charge in [0.2, 0.25) is 0 Å². The molecule has 0 aliphatic carbocycles. The first kappa shape index (κ1) is 15.2. The molecule has 0 bridgehead atoms. The molecule has 0 saturated carbocycles. The van der Waals surface area contributed by atoms with Crippen LogP contribution in [0.25, 0.3) is 0 Å². The summed E-state index contributed by atoms with van der Waals surface area (Å²) >= 11 is 4.96. The normalized spacial score (nSPS) is 10.4. The van der Waals surface area contributed by atoms with E-state index in [2.05, 4.69) is 31.5 Å². The smallest absolute Gasteiger partial charge is 0.251 e. The van der Waals surface area contributed by atoms with Crippen LogP contribution in [-0.4, -0.2) is 24.0 Å². The molecule has 20 heavy (non-hydrogen) atoms. The number of rotatable bonds is 7. The Balaban J connectivity index is 1.60. The van der Waals surface area contributed by atoms with E-state index in [0.717, 1.165) is 29.7 Å². The number of carbonyl (C=O) groups is 1. The topological polar surface area (TPSA) is 54.0 Å². The zero-order chi connectivity index (χ0) is 14.2. The number of nitrogens with zero attached hydrogens (tertiary/aromatic N) is 1. The largest absolute Gasteiger partial charge is 0.352 e. The van der Waals surface area contributed by atoms with Crippen LogP contribution in [0, 0.1) is 0 Å². The van der Waals surface area contributed by atoms with Gasteiger partial charge >= 0.3 is 0 Å². The van der Waals surface area contributed by atoms with E-state index in [9.17, 15) is 4.79 Å². The minimum absolute atomic E-state index is 0.0363. The molecule has 1 amide bonds. The fourth-order valence-electron chi connectivity index (χ4n) is 1.69. The van der Waals surface area contributed by atoms with Crippen LogP contribution >= 0.6 is 27.3 Å². The van der Waals surface area contributed by atoms with E-state index >= 15 is 0 Å². The molecule has 0 radical (unpaired) electrons. The molecule has 0 aliphatic heterocycles. The number of halogens is 1. The third-order valence-electron chi connectivity index (χ3n) is 2.69. The van der Waals surface area contributed by atoms with Crippen molar-refractivity contribution in [2.45, 2.75) is 13.0 Å². The summed E-state index contributed by atoms with van der Waals surface area (Å²) in [7, 11) is 0. The molecule has 6 heteroatoms. The lowest BCUT2D eigenvalue weighted by atomic mass is 10.2. The predicted octanol–water partition coefficient (Wildman–Crippen LogP) is 2.82. The molecule has 2 N–H and O–H groups in total. The number of benzene rings is 1. The van der Waals surface area contributed by atoms with Gasteiger partial charge in [-0.15, -0.1) is 11.3 Å². The van der Waals surface area contributed by atoms with Gasteiger partial charge in [-0.25, -0.2) is 4.98 Å². The Hall–Kier alpha value is -1.24. The Morgan fingerprint density at radius 1 is 1.35 bits per heavy atom. The van der Waals surface area contributed by atoms with Gasteiger partial charge in [0.25, 0.3) is 5.91 Å². The van der Waals surface area contributed by atoms with Gasteiger partial charge in [0, 0.05) is 28.5 Å². The van der Waals surface area contributed by atoms with Crippen molar-refractivity contribution in [3.63, 3.8) is 0 Å². The third-order valence-corrected chi connectivity index (χ3v) is 3.82. The minimum atomic E-state index is -0.0363. The van der Waals surface area contributed by atoms with Crippen molar-refractivity contribution in [2.24, 2.45) is 0 Å². The summed E-state index contributed by atoms with van der Waals surface area (Å²) in [5.74, 6) is -0.0363. The third kappa shape index (κ3) is 5.03. The lowest BCUT2D eigenvalue weighted by Gasteiger charge is -2.06. The summed E-state index contributed by atoms with van der Waals surface area (Å²) in [5.41, 5.74) is 3.57. The number of hydrogen-bond donors (Lipinski definition) is 2. The molecule has 0 fully saturated rings. The van der Waals surface area contributed by atoms with Crippen molar-refractivity contribution in [3.8, 4) is 0 Å². The highest BCUT2D eigenvalue weighted by Gasteiger charge is 2.04. The molecule has 1 aromatic heterocycles. The summed E-state index contributed by atoms with van der Waals surface area (Å²) in [6.45, 7) is 2.30. The molecule has 2 rings (SSSR count). The first-order valence-corrected chi connectivity index (χ1v) is 8.11. The van der Waals surface area contributed by atoms with E-state index in [-0.39, 0.29) is 5.91 Å². The zero-order valence-corrected chi connectivity index (χ0v) is 13.3. The second-order valence-corrected chi connectivity index (χ2v) is 5.91. The number of amides is 1. The van der Waals surface area contributed by atoms with Gasteiger partial charge < -0.3 is 10.6 Å². The molecule has 2 aromatic rings. The van der Waals surface area contributed by atoms with Crippen LogP contribution in [0.4, 0.5) is 0 Å². The van der Waals surface area contributed by atoms with Crippen LogP contribution in [-0.2, 0) is 6.54 Å². The van der Waals surface area contributed by atoms with Gasteiger partial charge in [0.15, 0.2) is 0 Å². The Labute approximate surface area is 130 Å². The molecule has 4 nitrogen and oxygen atoms in total. The number of carbonyl (C=O) groups excluding carboxylic acids is 1. The number of hydrogen-bond acceptors (Lipinski definition) is 4. The Morgan fingerprint density at radius 2 is 2.25 bits per heavy atom. The Morgan fingerprint density at radius 3 is 3.00 bits per heavy atom. The van der Waals surface area contributed by atoms with Gasteiger partial charge in [0.1, 0.15) is 0 Å². The SMILES string of the molecule is O=C(NCCCNCc1cscn1)c1cccc(Br)c1. The maximum absolute atomic E-state index is 11.9. The highest BCUT2D eigenvalue weighted by atomic mass is 79.9. The van der Waals surface area contributed by atoms with Crippen molar-refractivity contribution in [1.82, 2.24) is 15.6 Å². The van der Waals surface area contributed by atoms with Crippen LogP contribution in [0.3, 0.4) is 0 Å². The van der Waals surface area contributed by atoms with Gasteiger partial charge in [-0.05, 0) is 31.2 Å². The van der Waals surface area contributed by atoms with Gasteiger partial charge in [-0.2, -0.15) is 0 Å². The van der Waals surface area contributed by atoms with Gasteiger partial charge in [0.05, 0.1) is 11.2 Å². The number of nitrogens with one attached hydrogen (secondary N) is 2. The van der Waals surface area contributed by atoms with Gasteiger partial charge in [-0.3, -0.25) is 4.79 Å². The molecule has 0 unspecified atom stereocenters. The fraction of sp³-hybridized carbons (Fsp3) is 0.286. The number of thiazole rings is 1. The molecule has 106 valence electrons. The maximum Gasteiger partial charge on any atom is 0.251 e. The number of aromatic nitrogens is 1. The van der Waals surface area contributed by atoms with E-state index in [1.165, 1.54) is 0 Å². The maximum atomic E-state index is 11.9. The molecule has 0 spiro atoms. The standard InChI is InChI=1S/C14H16BrN3OS/c15-12-4-1-3-11(7-12)14(19)17-6-2-5-16-8-13-9-20-10-18-13/h1,3-4,7,9-10,16H,2,5-6,8H2,(H,17,19). The van der Waals surface area contributed by atoms with Crippen LogP contribution < -0.4 is 10.6 Å². The fourth-order valence-corrected chi connectivity index (χ4v) is 2.65. The lowest BCUT2D eigenvalue weighted by molar-refractivity contribution is 0.0953. The van der Waals surface area contributed by atoms with Crippen LogP contribution in [0.15, 0.2) is 39.6 Å². The minimum Gasteiger partial charge on any atom is -0.352 e. The summed E-state index contributed by atoms with van der Waals surface area (Å²) in [4.78, 5) is 16.0. The summed E-state index contributed by atoms with van der Waals surface area (Å²) in [6.07, 6.45) is 0.893. The van der Waals surface area contributed by atoms with Crippen molar-refractivity contribution in [2.75, 3.05) is 13.1 Å². The first-order chi connectivity index (χ1) is 9.75. The van der Waals surface area contributed by atoms with E-state index in [1.54, 1.807) is 17.4 Å². The Kier molecular flexibility index (Phi) is 6.17. The van der Waals surface area contributed by atoms with Crippen molar-refractivity contribution < 1.29 is 4.79 Å². The monoisotopic (exact) mass is 353 g/mol. The highest BCUT2D eigenvalue weighted by molar-refractivity contribution is 9.10. The summed E-state index contributed by atoms with van der Waals surface area (Å²) in [5, 5.41) is 8.23. The second-order valence-electron chi connectivity index (χ2n) is 4.28. The molecule has 1 heterocycles. The van der Waals surface area contributed by atoms with Gasteiger partial charge in [-0.1, -0.05) is 22.0 Å². The summed E-state index contributed by atoms with van der Waals surface area (Å²) in [6, 6.07) is 7.38. The first-order valence-electron chi connectivity index (χ1n) is 6.37. The Bertz CT molecular complexity index is 545. The van der Waals surface area contributed by atoms with E-state index in [4.69, 9.17) is 0 Å².